The summed E-state index contributed by atoms with van der Waals surface area (Å²) in [4.78, 5) is 6.94. The van der Waals surface area contributed by atoms with Gasteiger partial charge in [-0.3, -0.25) is 9.89 Å². The summed E-state index contributed by atoms with van der Waals surface area (Å²) in [5.41, 5.74) is 6.76. The zero-order chi connectivity index (χ0) is 15.5. The Morgan fingerprint density at radius 2 is 2.27 bits per heavy atom. The van der Waals surface area contributed by atoms with Gasteiger partial charge in [-0.25, -0.2) is 4.39 Å². The molecule has 3 atom stereocenters. The molecule has 0 bridgehead atoms. The molecular formula is C17H25FN4. The Balaban J connectivity index is 1.50. The van der Waals surface area contributed by atoms with Crippen LogP contribution in [0.3, 0.4) is 0 Å². The van der Waals surface area contributed by atoms with E-state index in [1.54, 1.807) is 6.07 Å². The Kier molecular flexibility index (Phi) is 4.62. The number of nitrogens with one attached hydrogen (secondary N) is 1. The molecule has 0 spiro atoms. The van der Waals surface area contributed by atoms with E-state index < -0.39 is 0 Å². The minimum Gasteiger partial charge on any atom is -0.370 e. The fourth-order valence-corrected chi connectivity index (χ4v) is 3.43. The van der Waals surface area contributed by atoms with E-state index in [-0.39, 0.29) is 17.8 Å². The Morgan fingerprint density at radius 1 is 1.45 bits per heavy atom. The summed E-state index contributed by atoms with van der Waals surface area (Å²) in [5, 5.41) is 3.23. The van der Waals surface area contributed by atoms with E-state index in [1.807, 2.05) is 12.1 Å². The van der Waals surface area contributed by atoms with Gasteiger partial charge >= 0.3 is 0 Å². The van der Waals surface area contributed by atoms with Crippen molar-refractivity contribution in [2.24, 2.45) is 10.7 Å². The van der Waals surface area contributed by atoms with Crippen molar-refractivity contribution in [2.75, 3.05) is 19.6 Å². The Morgan fingerprint density at radius 3 is 3.05 bits per heavy atom. The van der Waals surface area contributed by atoms with Gasteiger partial charge in [-0.1, -0.05) is 25.1 Å². The molecule has 3 rings (SSSR count). The number of hydrogen-bond acceptors (Lipinski definition) is 2. The van der Waals surface area contributed by atoms with Crippen molar-refractivity contribution < 1.29 is 4.39 Å². The van der Waals surface area contributed by atoms with Gasteiger partial charge in [-0.05, 0) is 44.0 Å². The van der Waals surface area contributed by atoms with Gasteiger partial charge in [0.2, 0.25) is 0 Å². The number of nitrogens with two attached hydrogens (primary N) is 1. The van der Waals surface area contributed by atoms with Crippen LogP contribution >= 0.6 is 0 Å². The van der Waals surface area contributed by atoms with E-state index in [0.29, 0.717) is 12.0 Å². The maximum Gasteiger partial charge on any atom is 0.188 e. The monoisotopic (exact) mass is 304 g/mol. The van der Waals surface area contributed by atoms with Crippen molar-refractivity contribution in [1.29, 1.82) is 0 Å². The maximum atomic E-state index is 13.7. The standard InChI is InChI=1S/C17H25FN4/c1-2-22-9-5-6-12(22)11-20-17(19)21-16-10-14(16)13-7-3-4-8-15(13)18/h3-4,7-8,12,14,16H,2,5-6,9-11H2,1H3,(H3,19,20,21). The third kappa shape index (κ3) is 3.40. The van der Waals surface area contributed by atoms with Gasteiger partial charge in [0.05, 0.1) is 6.54 Å². The van der Waals surface area contributed by atoms with Crippen molar-refractivity contribution >= 4 is 5.96 Å². The topological polar surface area (TPSA) is 53.6 Å². The predicted octanol–water partition coefficient (Wildman–Crippen LogP) is 2.07. The highest BCUT2D eigenvalue weighted by Gasteiger charge is 2.40. The summed E-state index contributed by atoms with van der Waals surface area (Å²) < 4.78 is 13.7. The van der Waals surface area contributed by atoms with Crippen molar-refractivity contribution in [3.05, 3.63) is 35.6 Å². The second-order valence-corrected chi connectivity index (χ2v) is 6.27. The average Bonchev–Trinajstić information content (AvgIpc) is 3.11. The SMILES string of the molecule is CCN1CCCC1CN=C(N)NC1CC1c1ccccc1F. The molecule has 5 heteroatoms. The fraction of sp³-hybridized carbons (Fsp3) is 0.588. The molecule has 2 fully saturated rings. The molecule has 1 aromatic carbocycles. The van der Waals surface area contributed by atoms with Gasteiger partial charge in [-0.2, -0.15) is 0 Å². The van der Waals surface area contributed by atoms with E-state index >= 15 is 0 Å². The molecule has 0 aromatic heterocycles. The Labute approximate surface area is 131 Å². The van der Waals surface area contributed by atoms with Crippen LogP contribution in [0.2, 0.25) is 0 Å². The molecule has 1 aliphatic heterocycles. The first kappa shape index (κ1) is 15.3. The highest BCUT2D eigenvalue weighted by molar-refractivity contribution is 5.78. The lowest BCUT2D eigenvalue weighted by Crippen LogP contribution is -2.37. The molecule has 2 aliphatic rings. The molecule has 1 aromatic rings. The van der Waals surface area contributed by atoms with Crippen molar-refractivity contribution in [1.82, 2.24) is 10.2 Å². The lowest BCUT2D eigenvalue weighted by molar-refractivity contribution is 0.273. The van der Waals surface area contributed by atoms with E-state index in [2.05, 4.69) is 22.1 Å². The number of aliphatic imine (C=N–C) groups is 1. The van der Waals surface area contributed by atoms with Gasteiger partial charge in [0.1, 0.15) is 5.82 Å². The molecular weight excluding hydrogens is 279 g/mol. The number of benzene rings is 1. The molecule has 3 N–H and O–H groups in total. The van der Waals surface area contributed by atoms with E-state index in [4.69, 9.17) is 5.73 Å². The number of likely N-dealkylation sites (tertiary alicyclic amines) is 1. The lowest BCUT2D eigenvalue weighted by atomic mass is 10.1. The summed E-state index contributed by atoms with van der Waals surface area (Å²) in [5.74, 6) is 0.581. The van der Waals surface area contributed by atoms with Crippen molar-refractivity contribution in [3.8, 4) is 0 Å². The Hall–Kier alpha value is -1.62. The van der Waals surface area contributed by atoms with Crippen LogP contribution in [-0.2, 0) is 0 Å². The first-order valence-electron chi connectivity index (χ1n) is 8.24. The molecule has 120 valence electrons. The first-order chi connectivity index (χ1) is 10.7. The molecule has 1 aliphatic carbocycles. The number of guanidine groups is 1. The van der Waals surface area contributed by atoms with Crippen molar-refractivity contribution in [3.63, 3.8) is 0 Å². The number of hydrogen-bond donors (Lipinski definition) is 2. The molecule has 0 amide bonds. The summed E-state index contributed by atoms with van der Waals surface area (Å²) >= 11 is 0. The molecule has 1 saturated heterocycles. The second-order valence-electron chi connectivity index (χ2n) is 6.27. The quantitative estimate of drug-likeness (QED) is 0.647. The lowest BCUT2D eigenvalue weighted by Gasteiger charge is -2.21. The highest BCUT2D eigenvalue weighted by Crippen LogP contribution is 2.41. The number of nitrogens with zero attached hydrogens (tertiary/aromatic N) is 2. The van der Waals surface area contributed by atoms with Crippen LogP contribution in [0.5, 0.6) is 0 Å². The Bertz CT molecular complexity index is 545. The van der Waals surface area contributed by atoms with Crippen molar-refractivity contribution in [2.45, 2.75) is 44.2 Å². The smallest absolute Gasteiger partial charge is 0.188 e. The van der Waals surface area contributed by atoms with E-state index in [1.165, 1.54) is 25.5 Å². The van der Waals surface area contributed by atoms with Crippen LogP contribution in [-0.4, -0.2) is 42.6 Å². The van der Waals surface area contributed by atoms with Crippen LogP contribution in [0, 0.1) is 5.82 Å². The first-order valence-corrected chi connectivity index (χ1v) is 8.24. The van der Waals surface area contributed by atoms with Gasteiger partial charge < -0.3 is 11.1 Å². The van der Waals surface area contributed by atoms with Crippen LogP contribution in [0.4, 0.5) is 4.39 Å². The minimum absolute atomic E-state index is 0.128. The molecule has 4 nitrogen and oxygen atoms in total. The molecule has 3 unspecified atom stereocenters. The minimum atomic E-state index is -0.128. The van der Waals surface area contributed by atoms with Crippen LogP contribution < -0.4 is 11.1 Å². The molecule has 1 heterocycles. The number of halogens is 1. The normalized spacial score (nSPS) is 28.8. The molecule has 1 saturated carbocycles. The summed E-state index contributed by atoms with van der Waals surface area (Å²) in [6.45, 7) is 5.18. The molecule has 22 heavy (non-hydrogen) atoms. The van der Waals surface area contributed by atoms with Crippen LogP contribution in [0.15, 0.2) is 29.3 Å². The van der Waals surface area contributed by atoms with Crippen LogP contribution in [0.1, 0.15) is 37.7 Å². The van der Waals surface area contributed by atoms with Gasteiger partial charge in [-0.15, -0.1) is 0 Å². The van der Waals surface area contributed by atoms with Gasteiger partial charge in [0.25, 0.3) is 0 Å². The number of likely N-dealkylation sites (N-methyl/N-ethyl adjacent to an activating group) is 1. The van der Waals surface area contributed by atoms with Crippen LogP contribution in [0.25, 0.3) is 0 Å². The van der Waals surface area contributed by atoms with Gasteiger partial charge in [0, 0.05) is 18.0 Å². The summed E-state index contributed by atoms with van der Waals surface area (Å²) in [6.07, 6.45) is 3.37. The third-order valence-electron chi connectivity index (χ3n) is 4.81. The third-order valence-corrected chi connectivity index (χ3v) is 4.81. The summed E-state index contributed by atoms with van der Waals surface area (Å²) in [7, 11) is 0. The second kappa shape index (κ2) is 6.65. The fourth-order valence-electron chi connectivity index (χ4n) is 3.43. The average molecular weight is 304 g/mol. The number of rotatable bonds is 5. The molecule has 0 radical (unpaired) electrons. The van der Waals surface area contributed by atoms with E-state index in [0.717, 1.165) is 25.1 Å². The van der Waals surface area contributed by atoms with E-state index in [9.17, 15) is 4.39 Å². The zero-order valence-electron chi connectivity index (χ0n) is 13.1. The van der Waals surface area contributed by atoms with Gasteiger partial charge in [0.15, 0.2) is 5.96 Å². The largest absolute Gasteiger partial charge is 0.370 e. The zero-order valence-corrected chi connectivity index (χ0v) is 13.1. The summed E-state index contributed by atoms with van der Waals surface area (Å²) in [6, 6.07) is 7.71. The predicted molar refractivity (Wildman–Crippen MR) is 87.4 cm³/mol. The highest BCUT2D eigenvalue weighted by atomic mass is 19.1. The maximum absolute atomic E-state index is 13.7.